The lowest BCUT2D eigenvalue weighted by Gasteiger charge is -2.50. The minimum absolute atomic E-state index is 0.00373. The third kappa shape index (κ3) is 4.29. The lowest BCUT2D eigenvalue weighted by molar-refractivity contribution is 0.0690. The Balaban J connectivity index is 0.978. The number of pyridine rings is 1. The fourth-order valence-corrected chi connectivity index (χ4v) is 7.56. The number of nitrogens with zero attached hydrogens (tertiary/aromatic N) is 3. The zero-order valence-electron chi connectivity index (χ0n) is 23.2. The minimum atomic E-state index is -1.05. The standard InChI is InChI=1S/C33H37N3O4/c1-39-28-16-27(32(37)38)34-26-9-8-23(15-24(26)28)36-12-10-33(11-13-36)17-19(18-33)14-25-30(35-40-31(25)22-6-7-22)29(20-2-3-20)21-4-5-21/h8-9,14-16,20-22,29H,2-7,10-13,17-18H2,1H3,(H,37,38). The first-order valence-corrected chi connectivity index (χ1v) is 15.2. The van der Waals surface area contributed by atoms with Gasteiger partial charge in [-0.2, -0.15) is 0 Å². The average molecular weight is 540 g/mol. The smallest absolute Gasteiger partial charge is 0.354 e. The fraction of sp³-hybridized carbons (Fsp3) is 0.545. The zero-order valence-corrected chi connectivity index (χ0v) is 23.2. The molecular formula is C33H37N3O4. The Morgan fingerprint density at radius 2 is 1.82 bits per heavy atom. The Kier molecular flexibility index (Phi) is 5.55. The van der Waals surface area contributed by atoms with Gasteiger partial charge in [0, 0.05) is 47.6 Å². The van der Waals surface area contributed by atoms with Gasteiger partial charge in [-0.3, -0.25) is 0 Å². The predicted molar refractivity (Wildman–Crippen MR) is 153 cm³/mol. The van der Waals surface area contributed by atoms with E-state index in [4.69, 9.17) is 14.4 Å². The summed E-state index contributed by atoms with van der Waals surface area (Å²) in [5.74, 6) is 3.59. The van der Waals surface area contributed by atoms with E-state index in [1.807, 2.05) is 6.07 Å². The molecule has 3 aromatic rings. The van der Waals surface area contributed by atoms with Gasteiger partial charge in [0.25, 0.3) is 0 Å². The SMILES string of the molecule is COc1cc(C(=O)O)nc2ccc(N3CCC4(CC3)CC(=Cc3c(C(C5CC5)C5CC5)noc3C3CC3)C4)cc12. The molecule has 0 unspecified atom stereocenters. The Hall–Kier alpha value is -3.35. The van der Waals surface area contributed by atoms with Crippen LogP contribution in [0.2, 0.25) is 0 Å². The van der Waals surface area contributed by atoms with Crippen LogP contribution in [0.4, 0.5) is 5.69 Å². The molecule has 5 aliphatic rings. The first kappa shape index (κ1) is 24.4. The first-order valence-electron chi connectivity index (χ1n) is 15.2. The number of aromatic nitrogens is 2. The third-order valence-corrected chi connectivity index (χ3v) is 10.2. The summed E-state index contributed by atoms with van der Waals surface area (Å²) in [6, 6.07) is 7.58. The van der Waals surface area contributed by atoms with Gasteiger partial charge in [-0.25, -0.2) is 9.78 Å². The molecule has 3 heterocycles. The van der Waals surface area contributed by atoms with Crippen LogP contribution in [0, 0.1) is 17.3 Å². The number of hydrogen-bond acceptors (Lipinski definition) is 6. The summed E-state index contributed by atoms with van der Waals surface area (Å²) in [6.07, 6.45) is 15.2. The van der Waals surface area contributed by atoms with Crippen LogP contribution < -0.4 is 9.64 Å². The molecule has 1 aromatic carbocycles. The second kappa shape index (κ2) is 9.08. The van der Waals surface area contributed by atoms with E-state index in [1.165, 1.54) is 87.3 Å². The number of aromatic carboxylic acids is 1. The van der Waals surface area contributed by atoms with Crippen molar-refractivity contribution in [3.05, 3.63) is 52.6 Å². The van der Waals surface area contributed by atoms with Crippen LogP contribution in [0.5, 0.6) is 5.75 Å². The quantitative estimate of drug-likeness (QED) is 0.324. The minimum Gasteiger partial charge on any atom is -0.496 e. The van der Waals surface area contributed by atoms with Crippen LogP contribution in [0.3, 0.4) is 0 Å². The summed E-state index contributed by atoms with van der Waals surface area (Å²) in [7, 11) is 1.58. The molecule has 1 aliphatic heterocycles. The number of hydrogen-bond donors (Lipinski definition) is 1. The van der Waals surface area contributed by atoms with Crippen molar-refractivity contribution in [3.8, 4) is 5.75 Å². The molecule has 7 heteroatoms. The van der Waals surface area contributed by atoms with E-state index in [1.54, 1.807) is 12.7 Å². The normalized spacial score (nSPS) is 22.1. The molecule has 1 saturated heterocycles. The molecule has 1 N–H and O–H groups in total. The lowest BCUT2D eigenvalue weighted by atomic mass is 9.60. The van der Waals surface area contributed by atoms with Gasteiger partial charge in [0.2, 0.25) is 0 Å². The Morgan fingerprint density at radius 1 is 1.10 bits per heavy atom. The van der Waals surface area contributed by atoms with Crippen molar-refractivity contribution in [2.75, 3.05) is 25.1 Å². The maximum atomic E-state index is 11.4. The summed E-state index contributed by atoms with van der Waals surface area (Å²) in [6.45, 7) is 2.05. The number of allylic oxidation sites excluding steroid dienone is 1. The highest BCUT2D eigenvalue weighted by molar-refractivity contribution is 5.94. The molecule has 0 amide bonds. The van der Waals surface area contributed by atoms with E-state index >= 15 is 0 Å². The number of carboxylic acids is 1. The number of methoxy groups -OCH3 is 1. The molecule has 40 heavy (non-hydrogen) atoms. The zero-order chi connectivity index (χ0) is 27.0. The molecule has 4 saturated carbocycles. The highest BCUT2D eigenvalue weighted by Crippen LogP contribution is 2.58. The second-order valence-electron chi connectivity index (χ2n) is 13.2. The van der Waals surface area contributed by atoms with E-state index in [0.717, 1.165) is 36.0 Å². The molecule has 1 spiro atoms. The van der Waals surface area contributed by atoms with Gasteiger partial charge in [-0.1, -0.05) is 16.8 Å². The fourth-order valence-electron chi connectivity index (χ4n) is 7.56. The molecule has 0 bridgehead atoms. The van der Waals surface area contributed by atoms with Crippen molar-refractivity contribution in [1.82, 2.24) is 10.1 Å². The number of ether oxygens (including phenoxy) is 1. The molecule has 208 valence electrons. The van der Waals surface area contributed by atoms with E-state index in [0.29, 0.717) is 28.5 Å². The van der Waals surface area contributed by atoms with Crippen LogP contribution in [-0.4, -0.2) is 41.4 Å². The number of piperidine rings is 1. The molecule has 0 radical (unpaired) electrons. The van der Waals surface area contributed by atoms with Crippen LogP contribution in [0.15, 0.2) is 34.4 Å². The molecular weight excluding hydrogens is 502 g/mol. The maximum absolute atomic E-state index is 11.4. The van der Waals surface area contributed by atoms with E-state index in [9.17, 15) is 9.90 Å². The van der Waals surface area contributed by atoms with E-state index in [-0.39, 0.29) is 5.69 Å². The lowest BCUT2D eigenvalue weighted by Crippen LogP contribution is -2.44. The van der Waals surface area contributed by atoms with E-state index in [2.05, 4.69) is 28.1 Å². The van der Waals surface area contributed by atoms with Crippen molar-refractivity contribution >= 4 is 28.6 Å². The largest absolute Gasteiger partial charge is 0.496 e. The average Bonchev–Trinajstić information content (AvgIpc) is 3.80. The van der Waals surface area contributed by atoms with Gasteiger partial charge in [0.15, 0.2) is 5.69 Å². The second-order valence-corrected chi connectivity index (χ2v) is 13.2. The summed E-state index contributed by atoms with van der Waals surface area (Å²) < 4.78 is 11.6. The topological polar surface area (TPSA) is 88.7 Å². The summed E-state index contributed by atoms with van der Waals surface area (Å²) in [5.41, 5.74) is 6.47. The molecule has 0 atom stereocenters. The first-order chi connectivity index (χ1) is 19.5. The molecule has 2 aromatic heterocycles. The van der Waals surface area contributed by atoms with Gasteiger partial charge in [-0.15, -0.1) is 0 Å². The van der Waals surface area contributed by atoms with Crippen molar-refractivity contribution < 1.29 is 19.2 Å². The Labute approximate surface area is 234 Å². The predicted octanol–water partition coefficient (Wildman–Crippen LogP) is 7.17. The number of fused-ring (bicyclic) bond motifs is 1. The molecule has 4 aliphatic carbocycles. The Bertz CT molecular complexity index is 1500. The van der Waals surface area contributed by atoms with Gasteiger partial charge >= 0.3 is 5.97 Å². The van der Waals surface area contributed by atoms with Gasteiger partial charge in [0.05, 0.1) is 18.3 Å². The van der Waals surface area contributed by atoms with E-state index < -0.39 is 5.97 Å². The van der Waals surface area contributed by atoms with Gasteiger partial charge < -0.3 is 19.3 Å². The van der Waals surface area contributed by atoms with Crippen LogP contribution in [0.25, 0.3) is 17.0 Å². The molecule has 5 fully saturated rings. The summed E-state index contributed by atoms with van der Waals surface area (Å²) in [5, 5.41) is 15.0. The highest BCUT2D eigenvalue weighted by Gasteiger charge is 2.47. The van der Waals surface area contributed by atoms with Crippen molar-refractivity contribution in [1.29, 1.82) is 0 Å². The van der Waals surface area contributed by atoms with Crippen LogP contribution in [0.1, 0.15) is 104 Å². The number of carbonyl (C=O) groups is 1. The van der Waals surface area contributed by atoms with Crippen LogP contribution in [-0.2, 0) is 0 Å². The monoisotopic (exact) mass is 539 g/mol. The Morgan fingerprint density at radius 3 is 2.45 bits per heavy atom. The molecule has 7 nitrogen and oxygen atoms in total. The highest BCUT2D eigenvalue weighted by atomic mass is 16.5. The van der Waals surface area contributed by atoms with Crippen molar-refractivity contribution in [3.63, 3.8) is 0 Å². The summed E-state index contributed by atoms with van der Waals surface area (Å²) >= 11 is 0. The van der Waals surface area contributed by atoms with Gasteiger partial charge in [-0.05, 0) is 99.7 Å². The number of benzene rings is 1. The number of carboxylic acid groups (broad SMARTS) is 1. The number of rotatable bonds is 8. The van der Waals surface area contributed by atoms with Gasteiger partial charge in [0.1, 0.15) is 11.5 Å². The third-order valence-electron chi connectivity index (χ3n) is 10.2. The van der Waals surface area contributed by atoms with Crippen molar-refractivity contribution in [2.24, 2.45) is 17.3 Å². The number of anilines is 1. The summed E-state index contributed by atoms with van der Waals surface area (Å²) in [4.78, 5) is 18.2. The maximum Gasteiger partial charge on any atom is 0.354 e. The van der Waals surface area contributed by atoms with Crippen LogP contribution >= 0.6 is 0 Å². The molecule has 8 rings (SSSR count). The van der Waals surface area contributed by atoms with Crippen molar-refractivity contribution in [2.45, 2.75) is 76.0 Å².